The number of rotatable bonds is 6. The number of benzene rings is 2. The minimum absolute atomic E-state index is 0.0156. The second-order valence-corrected chi connectivity index (χ2v) is 9.80. The van der Waals surface area contributed by atoms with Crippen molar-refractivity contribution in [2.75, 3.05) is 6.61 Å². The van der Waals surface area contributed by atoms with E-state index in [4.69, 9.17) is 10.1 Å². The molecule has 0 unspecified atom stereocenters. The van der Waals surface area contributed by atoms with E-state index in [2.05, 4.69) is 33.7 Å². The molecule has 1 aromatic heterocycles. The second-order valence-electron chi connectivity index (χ2n) is 8.76. The second kappa shape index (κ2) is 9.62. The molecule has 3 aromatic rings. The summed E-state index contributed by atoms with van der Waals surface area (Å²) in [5, 5.41) is 15.7. The van der Waals surface area contributed by atoms with Gasteiger partial charge in [0.25, 0.3) is 5.91 Å². The normalized spacial score (nSPS) is 16.3. The number of hydrazone groups is 1. The van der Waals surface area contributed by atoms with Gasteiger partial charge in [0.2, 0.25) is 5.17 Å². The summed E-state index contributed by atoms with van der Waals surface area (Å²) >= 11 is 1.25. The number of carbonyl (C=O) groups is 1. The van der Waals surface area contributed by atoms with Crippen LogP contribution in [0.2, 0.25) is 0 Å². The summed E-state index contributed by atoms with van der Waals surface area (Å²) in [6, 6.07) is 18.1. The molecule has 7 nitrogen and oxygen atoms in total. The zero-order chi connectivity index (χ0) is 25.4. The largest absolute Gasteiger partial charge is 0.487 e. The number of aliphatic imine (C=N–C) groups is 1. The highest BCUT2D eigenvalue weighted by Crippen LogP contribution is 2.30. The Hall–Kier alpha value is -3.91. The van der Waals surface area contributed by atoms with Crippen LogP contribution >= 0.6 is 11.8 Å². The molecule has 36 heavy (non-hydrogen) atoms. The van der Waals surface area contributed by atoms with Crippen LogP contribution in [-0.4, -0.2) is 38.1 Å². The van der Waals surface area contributed by atoms with Crippen molar-refractivity contribution in [3.63, 3.8) is 0 Å². The van der Waals surface area contributed by atoms with Crippen LogP contribution in [0.4, 0.5) is 0 Å². The van der Waals surface area contributed by atoms with Gasteiger partial charge < -0.3 is 9.30 Å². The fraction of sp³-hybridized carbons (Fsp3) is 0.214. The maximum atomic E-state index is 12.9. The fourth-order valence-corrected chi connectivity index (χ4v) is 5.23. The number of thioether (sulfide) groups is 1. The predicted molar refractivity (Wildman–Crippen MR) is 146 cm³/mol. The molecule has 0 spiro atoms. The summed E-state index contributed by atoms with van der Waals surface area (Å²) in [5.41, 5.74) is 6.64. The Kier molecular flexibility index (Phi) is 6.36. The third-order valence-electron chi connectivity index (χ3n) is 6.23. The topological polar surface area (TPSA) is 83.0 Å². The van der Waals surface area contributed by atoms with Crippen molar-refractivity contribution in [3.05, 3.63) is 88.2 Å². The molecule has 0 bridgehead atoms. The van der Waals surface area contributed by atoms with Crippen LogP contribution in [0, 0.1) is 26.2 Å². The van der Waals surface area contributed by atoms with Gasteiger partial charge in [-0.2, -0.15) is 15.1 Å². The van der Waals surface area contributed by atoms with Gasteiger partial charge >= 0.3 is 0 Å². The monoisotopic (exact) mass is 497 g/mol. The first-order valence-electron chi connectivity index (χ1n) is 11.8. The van der Waals surface area contributed by atoms with Crippen LogP contribution < -0.4 is 4.74 Å². The first kappa shape index (κ1) is 23.8. The molecule has 182 valence electrons. The minimum atomic E-state index is -0.437. The number of amidine groups is 2. The lowest BCUT2D eigenvalue weighted by atomic mass is 10.1. The van der Waals surface area contributed by atoms with Gasteiger partial charge in [0.1, 0.15) is 17.4 Å². The zero-order valence-corrected chi connectivity index (χ0v) is 21.5. The van der Waals surface area contributed by atoms with Gasteiger partial charge in [0, 0.05) is 17.1 Å². The number of aryl methyl sites for hydroxylation is 3. The molecular weight excluding hydrogens is 470 g/mol. The van der Waals surface area contributed by atoms with E-state index in [0.29, 0.717) is 10.2 Å². The van der Waals surface area contributed by atoms with Crippen molar-refractivity contribution >= 4 is 39.8 Å². The molecule has 0 saturated carbocycles. The van der Waals surface area contributed by atoms with Gasteiger partial charge in [-0.15, -0.1) is 0 Å². The number of ether oxygens (including phenoxy) is 1. The molecule has 3 heterocycles. The number of hydrogen-bond acceptors (Lipinski definition) is 5. The van der Waals surface area contributed by atoms with Gasteiger partial charge in [-0.05, 0) is 86.0 Å². The van der Waals surface area contributed by atoms with Crippen molar-refractivity contribution in [2.24, 2.45) is 10.1 Å². The molecule has 1 amide bonds. The third-order valence-corrected chi connectivity index (χ3v) is 7.11. The number of para-hydroxylation sites is 1. The molecule has 0 aliphatic carbocycles. The Bertz CT molecular complexity index is 1480. The lowest BCUT2D eigenvalue weighted by molar-refractivity contribution is -0.114. The van der Waals surface area contributed by atoms with E-state index >= 15 is 0 Å². The standard InChI is InChI=1S/C28H27N5O2S/c1-5-20-10-6-7-12-24(20)32-18(3)14-21(19(32)4)15-23-26(29)33-28(30-27(23)34)36-25(31-33)16-35-22-11-8-9-17(2)13-22/h6-15,29H,5,16H2,1-4H3/b23-15+,29-26?. The van der Waals surface area contributed by atoms with Gasteiger partial charge in [0.05, 0.1) is 5.57 Å². The first-order valence-corrected chi connectivity index (χ1v) is 12.6. The maximum Gasteiger partial charge on any atom is 0.283 e. The summed E-state index contributed by atoms with van der Waals surface area (Å²) < 4.78 is 8.04. The van der Waals surface area contributed by atoms with E-state index in [1.54, 1.807) is 6.08 Å². The van der Waals surface area contributed by atoms with Crippen LogP contribution in [-0.2, 0) is 11.2 Å². The van der Waals surface area contributed by atoms with Gasteiger partial charge in [-0.3, -0.25) is 10.2 Å². The first-order chi connectivity index (χ1) is 17.4. The number of hydrogen-bond donors (Lipinski definition) is 1. The Morgan fingerprint density at radius 2 is 1.89 bits per heavy atom. The average molecular weight is 498 g/mol. The molecule has 0 saturated heterocycles. The highest BCUT2D eigenvalue weighted by Gasteiger charge is 2.36. The van der Waals surface area contributed by atoms with Crippen molar-refractivity contribution in [3.8, 4) is 11.4 Å². The highest BCUT2D eigenvalue weighted by atomic mass is 32.2. The number of nitrogens with one attached hydrogen (secondary N) is 1. The molecule has 2 aliphatic heterocycles. The van der Waals surface area contributed by atoms with Gasteiger partial charge in [0.15, 0.2) is 5.84 Å². The SMILES string of the molecule is CCc1ccccc1-n1c(C)cc(/C=C2\C(=N)N3N=C(COc4cccc(C)c4)SC3=NC2=O)c1C. The van der Waals surface area contributed by atoms with Crippen molar-refractivity contribution in [1.29, 1.82) is 5.41 Å². The third kappa shape index (κ3) is 4.40. The molecule has 5 rings (SSSR count). The van der Waals surface area contributed by atoms with E-state index in [1.807, 2.05) is 63.2 Å². The number of carbonyl (C=O) groups excluding carboxylic acids is 1. The molecule has 8 heteroatoms. The average Bonchev–Trinajstić information content (AvgIpc) is 3.40. The Morgan fingerprint density at radius 3 is 2.67 bits per heavy atom. The van der Waals surface area contributed by atoms with Crippen LogP contribution in [0.15, 0.2) is 70.3 Å². The number of nitrogens with zero attached hydrogens (tertiary/aromatic N) is 4. The highest BCUT2D eigenvalue weighted by molar-refractivity contribution is 8.27. The van der Waals surface area contributed by atoms with Crippen LogP contribution in [0.3, 0.4) is 0 Å². The summed E-state index contributed by atoms with van der Waals surface area (Å²) in [4.78, 5) is 17.1. The molecule has 2 aliphatic rings. The number of amides is 1. The van der Waals surface area contributed by atoms with Crippen LogP contribution in [0.5, 0.6) is 5.75 Å². The minimum Gasteiger partial charge on any atom is -0.487 e. The van der Waals surface area contributed by atoms with Crippen molar-refractivity contribution in [1.82, 2.24) is 9.58 Å². The molecular formula is C28H27N5O2S. The van der Waals surface area contributed by atoms with Gasteiger partial charge in [-0.25, -0.2) is 0 Å². The predicted octanol–water partition coefficient (Wildman–Crippen LogP) is 5.66. The lowest BCUT2D eigenvalue weighted by Gasteiger charge is -2.20. The Balaban J connectivity index is 1.41. The zero-order valence-electron chi connectivity index (χ0n) is 20.7. The van der Waals surface area contributed by atoms with Crippen LogP contribution in [0.25, 0.3) is 11.8 Å². The molecule has 0 radical (unpaired) electrons. The summed E-state index contributed by atoms with van der Waals surface area (Å²) in [5.74, 6) is 0.326. The number of aromatic nitrogens is 1. The summed E-state index contributed by atoms with van der Waals surface area (Å²) in [6.45, 7) is 8.46. The van der Waals surface area contributed by atoms with Crippen molar-refractivity contribution in [2.45, 2.75) is 34.1 Å². The smallest absolute Gasteiger partial charge is 0.283 e. The Morgan fingerprint density at radius 1 is 1.08 bits per heavy atom. The maximum absolute atomic E-state index is 12.9. The number of fused-ring (bicyclic) bond motifs is 1. The fourth-order valence-electron chi connectivity index (χ4n) is 4.43. The lowest BCUT2D eigenvalue weighted by Crippen LogP contribution is -2.35. The van der Waals surface area contributed by atoms with E-state index < -0.39 is 5.91 Å². The molecule has 0 fully saturated rings. The summed E-state index contributed by atoms with van der Waals surface area (Å²) in [6.07, 6.45) is 2.67. The van der Waals surface area contributed by atoms with Crippen molar-refractivity contribution < 1.29 is 9.53 Å². The van der Waals surface area contributed by atoms with E-state index in [0.717, 1.165) is 40.4 Å². The van der Waals surface area contributed by atoms with E-state index in [9.17, 15) is 4.79 Å². The summed E-state index contributed by atoms with van der Waals surface area (Å²) in [7, 11) is 0. The van der Waals surface area contributed by atoms with E-state index in [1.165, 1.54) is 22.3 Å². The van der Waals surface area contributed by atoms with Gasteiger partial charge in [-0.1, -0.05) is 37.3 Å². The van der Waals surface area contributed by atoms with E-state index in [-0.39, 0.29) is 18.0 Å². The molecule has 0 atom stereocenters. The Labute approximate surface area is 214 Å². The molecule has 2 aromatic carbocycles. The van der Waals surface area contributed by atoms with Crippen LogP contribution in [0.1, 0.15) is 35.0 Å². The molecule has 1 N–H and O–H groups in total. The quantitative estimate of drug-likeness (QED) is 0.445.